The van der Waals surface area contributed by atoms with E-state index < -0.39 is 11.6 Å². The molecule has 3 nitrogen and oxygen atoms in total. The highest BCUT2D eigenvalue weighted by molar-refractivity contribution is 5.83. The molecule has 0 amide bonds. The third-order valence-corrected chi connectivity index (χ3v) is 2.89. The summed E-state index contributed by atoms with van der Waals surface area (Å²) in [6.07, 6.45) is 0.989. The molecule has 0 unspecified atom stereocenters. The molecule has 1 aromatic heterocycles. The fourth-order valence-electron chi connectivity index (χ4n) is 2.08. The SMILES string of the molecule is CCCNCc1oc2cc(F)cc(F)c2c1COC. The van der Waals surface area contributed by atoms with Gasteiger partial charge in [0.25, 0.3) is 0 Å². The Morgan fingerprint density at radius 2 is 2.11 bits per heavy atom. The smallest absolute Gasteiger partial charge is 0.140 e. The van der Waals surface area contributed by atoms with E-state index in [0.717, 1.165) is 19.0 Å². The summed E-state index contributed by atoms with van der Waals surface area (Å²) in [6.45, 7) is 3.60. The van der Waals surface area contributed by atoms with Crippen LogP contribution in [0.4, 0.5) is 8.78 Å². The third-order valence-electron chi connectivity index (χ3n) is 2.89. The summed E-state index contributed by atoms with van der Waals surface area (Å²) in [4.78, 5) is 0. The Hall–Kier alpha value is -1.46. The van der Waals surface area contributed by atoms with E-state index >= 15 is 0 Å². The topological polar surface area (TPSA) is 34.4 Å². The molecule has 5 heteroatoms. The fraction of sp³-hybridized carbons (Fsp3) is 0.429. The molecule has 0 radical (unpaired) electrons. The molecule has 1 N–H and O–H groups in total. The van der Waals surface area contributed by atoms with E-state index in [9.17, 15) is 8.78 Å². The van der Waals surface area contributed by atoms with E-state index in [4.69, 9.17) is 9.15 Å². The van der Waals surface area contributed by atoms with Gasteiger partial charge in [-0.1, -0.05) is 6.92 Å². The maximum Gasteiger partial charge on any atom is 0.140 e. The summed E-state index contributed by atoms with van der Waals surface area (Å²) in [5, 5.41) is 3.48. The molecule has 2 aromatic rings. The Morgan fingerprint density at radius 3 is 2.79 bits per heavy atom. The van der Waals surface area contributed by atoms with Crippen LogP contribution >= 0.6 is 0 Å². The molecule has 0 saturated carbocycles. The molecule has 1 heterocycles. The minimum absolute atomic E-state index is 0.220. The summed E-state index contributed by atoms with van der Waals surface area (Å²) in [5.41, 5.74) is 0.858. The fourth-order valence-corrected chi connectivity index (χ4v) is 2.08. The minimum atomic E-state index is -0.643. The van der Waals surface area contributed by atoms with E-state index in [2.05, 4.69) is 12.2 Å². The molecule has 0 aliphatic heterocycles. The average Bonchev–Trinajstić information content (AvgIpc) is 2.68. The quantitative estimate of drug-likeness (QED) is 0.817. The van der Waals surface area contributed by atoms with E-state index in [-0.39, 0.29) is 12.2 Å². The Bertz CT molecular complexity index is 566. The molecule has 0 atom stereocenters. The highest BCUT2D eigenvalue weighted by Crippen LogP contribution is 2.29. The normalized spacial score (nSPS) is 11.4. The van der Waals surface area contributed by atoms with Crippen LogP contribution in [0.3, 0.4) is 0 Å². The van der Waals surface area contributed by atoms with Gasteiger partial charge in [0.15, 0.2) is 0 Å². The van der Waals surface area contributed by atoms with Crippen LogP contribution in [0.2, 0.25) is 0 Å². The van der Waals surface area contributed by atoms with Crippen molar-refractivity contribution in [1.82, 2.24) is 5.32 Å². The van der Waals surface area contributed by atoms with E-state index in [1.165, 1.54) is 13.2 Å². The van der Waals surface area contributed by atoms with Gasteiger partial charge in [-0.25, -0.2) is 8.78 Å². The molecule has 0 saturated heterocycles. The zero-order valence-corrected chi connectivity index (χ0v) is 11.1. The molecule has 2 rings (SSSR count). The lowest BCUT2D eigenvalue weighted by atomic mass is 10.1. The van der Waals surface area contributed by atoms with Crippen molar-refractivity contribution in [3.8, 4) is 0 Å². The van der Waals surface area contributed by atoms with Gasteiger partial charge in [0.1, 0.15) is 23.0 Å². The van der Waals surface area contributed by atoms with Crippen molar-refractivity contribution in [3.05, 3.63) is 35.1 Å². The molecule has 104 valence electrons. The Balaban J connectivity index is 2.44. The summed E-state index contributed by atoms with van der Waals surface area (Å²) in [5.74, 6) is -0.668. The van der Waals surface area contributed by atoms with Gasteiger partial charge in [0.05, 0.1) is 18.5 Å². The van der Waals surface area contributed by atoms with Gasteiger partial charge in [-0.3, -0.25) is 0 Å². The first kappa shape index (κ1) is 14.0. The van der Waals surface area contributed by atoms with Crippen molar-refractivity contribution in [3.63, 3.8) is 0 Å². The molecular formula is C14H17F2NO2. The Morgan fingerprint density at radius 1 is 1.32 bits per heavy atom. The Labute approximate surface area is 110 Å². The minimum Gasteiger partial charge on any atom is -0.459 e. The molecule has 0 aliphatic carbocycles. The first-order valence-electron chi connectivity index (χ1n) is 6.26. The van der Waals surface area contributed by atoms with Crippen molar-refractivity contribution >= 4 is 11.0 Å². The van der Waals surface area contributed by atoms with Crippen LogP contribution in [-0.4, -0.2) is 13.7 Å². The van der Waals surface area contributed by atoms with Crippen molar-refractivity contribution in [2.45, 2.75) is 26.5 Å². The van der Waals surface area contributed by atoms with Gasteiger partial charge in [-0.15, -0.1) is 0 Å². The molecule has 0 fully saturated rings. The molecular weight excluding hydrogens is 252 g/mol. The van der Waals surface area contributed by atoms with Crippen molar-refractivity contribution in [2.75, 3.05) is 13.7 Å². The number of fused-ring (bicyclic) bond motifs is 1. The average molecular weight is 269 g/mol. The number of furan rings is 1. The lowest BCUT2D eigenvalue weighted by Crippen LogP contribution is -2.14. The van der Waals surface area contributed by atoms with Gasteiger partial charge in [-0.2, -0.15) is 0 Å². The summed E-state index contributed by atoms with van der Waals surface area (Å²) in [7, 11) is 1.53. The van der Waals surface area contributed by atoms with Gasteiger partial charge in [0, 0.05) is 24.8 Å². The van der Waals surface area contributed by atoms with Crippen LogP contribution in [0.5, 0.6) is 0 Å². The zero-order chi connectivity index (χ0) is 13.8. The lowest BCUT2D eigenvalue weighted by Gasteiger charge is -2.03. The second-order valence-corrected chi connectivity index (χ2v) is 4.37. The number of nitrogens with one attached hydrogen (secondary N) is 1. The number of methoxy groups -OCH3 is 1. The van der Waals surface area contributed by atoms with Gasteiger partial charge >= 0.3 is 0 Å². The summed E-state index contributed by atoms with van der Waals surface area (Å²) in [6, 6.07) is 2.06. The number of rotatable bonds is 6. The lowest BCUT2D eigenvalue weighted by molar-refractivity contribution is 0.183. The standard InChI is InChI=1S/C14H17F2NO2/c1-3-4-17-7-13-10(8-18-2)14-11(16)5-9(15)6-12(14)19-13/h5-6,17H,3-4,7-8H2,1-2H3. The predicted octanol–water partition coefficient (Wildman–Crippen LogP) is 3.36. The van der Waals surface area contributed by atoms with Gasteiger partial charge in [-0.05, 0) is 13.0 Å². The van der Waals surface area contributed by atoms with Crippen LogP contribution in [0, 0.1) is 11.6 Å². The van der Waals surface area contributed by atoms with E-state index in [1.807, 2.05) is 0 Å². The van der Waals surface area contributed by atoms with Crippen LogP contribution in [0.15, 0.2) is 16.5 Å². The maximum atomic E-state index is 13.9. The second kappa shape index (κ2) is 6.12. The second-order valence-electron chi connectivity index (χ2n) is 4.37. The number of halogens is 2. The number of hydrogen-bond donors (Lipinski definition) is 1. The maximum absolute atomic E-state index is 13.9. The Kier molecular flexibility index (Phi) is 4.50. The first-order valence-corrected chi connectivity index (χ1v) is 6.26. The van der Waals surface area contributed by atoms with Crippen molar-refractivity contribution in [2.24, 2.45) is 0 Å². The summed E-state index contributed by atoms with van der Waals surface area (Å²) < 4.78 is 37.7. The van der Waals surface area contributed by atoms with Gasteiger partial charge < -0.3 is 14.5 Å². The van der Waals surface area contributed by atoms with E-state index in [0.29, 0.717) is 23.3 Å². The highest BCUT2D eigenvalue weighted by atomic mass is 19.1. The number of benzene rings is 1. The predicted molar refractivity (Wildman–Crippen MR) is 68.8 cm³/mol. The summed E-state index contributed by atoms with van der Waals surface area (Å²) >= 11 is 0. The van der Waals surface area contributed by atoms with Gasteiger partial charge in [0.2, 0.25) is 0 Å². The molecule has 1 aromatic carbocycles. The van der Waals surface area contributed by atoms with Crippen LogP contribution in [0.1, 0.15) is 24.7 Å². The third kappa shape index (κ3) is 2.93. The number of hydrogen-bond acceptors (Lipinski definition) is 3. The molecule has 0 bridgehead atoms. The molecule has 0 aliphatic rings. The van der Waals surface area contributed by atoms with E-state index in [1.54, 1.807) is 0 Å². The highest BCUT2D eigenvalue weighted by Gasteiger charge is 2.18. The molecule has 0 spiro atoms. The molecule has 19 heavy (non-hydrogen) atoms. The first-order chi connectivity index (χ1) is 9.17. The van der Waals surface area contributed by atoms with Crippen molar-refractivity contribution in [1.29, 1.82) is 0 Å². The van der Waals surface area contributed by atoms with Crippen molar-refractivity contribution < 1.29 is 17.9 Å². The monoisotopic (exact) mass is 269 g/mol. The van der Waals surface area contributed by atoms with Crippen LogP contribution in [0.25, 0.3) is 11.0 Å². The number of ether oxygens (including phenoxy) is 1. The van der Waals surface area contributed by atoms with Crippen LogP contribution in [-0.2, 0) is 17.9 Å². The zero-order valence-electron chi connectivity index (χ0n) is 11.1. The largest absolute Gasteiger partial charge is 0.459 e. The van der Waals surface area contributed by atoms with Crippen LogP contribution < -0.4 is 5.32 Å².